The molecule has 0 N–H and O–H groups in total. The second-order valence-corrected chi connectivity index (χ2v) is 4.52. The summed E-state index contributed by atoms with van der Waals surface area (Å²) in [6.45, 7) is 0. The van der Waals surface area contributed by atoms with E-state index in [1.165, 1.54) is 12.1 Å². The lowest BCUT2D eigenvalue weighted by Gasteiger charge is -2.28. The largest absolute Gasteiger partial charge is 0.248 e. The third-order valence-corrected chi connectivity index (χ3v) is 3.18. The highest BCUT2D eigenvalue weighted by Gasteiger charge is 2.35. The second-order valence-electron chi connectivity index (χ2n) is 4.11. The average molecular weight is 248 g/mol. The lowest BCUT2D eigenvalue weighted by molar-refractivity contribution is -0.0232. The lowest BCUT2D eigenvalue weighted by Crippen LogP contribution is -2.24. The van der Waals surface area contributed by atoms with Crippen LogP contribution in [0.1, 0.15) is 30.7 Å². The highest BCUT2D eigenvalue weighted by atomic mass is 35.5. The zero-order valence-corrected chi connectivity index (χ0v) is 9.28. The van der Waals surface area contributed by atoms with Gasteiger partial charge in [0.15, 0.2) is 0 Å². The molecule has 0 nitrogen and oxygen atoms in total. The fourth-order valence-corrected chi connectivity index (χ4v) is 2.14. The maximum absolute atomic E-state index is 12.9. The van der Waals surface area contributed by atoms with E-state index in [1.807, 2.05) is 0 Å². The van der Waals surface area contributed by atoms with Crippen LogP contribution in [0.3, 0.4) is 0 Å². The fraction of sp³-hybridized carbons (Fsp3) is 0.417. The van der Waals surface area contributed by atoms with Crippen LogP contribution in [-0.2, 0) is 0 Å². The first-order chi connectivity index (χ1) is 7.48. The molecule has 1 fully saturated rings. The van der Waals surface area contributed by atoms with Gasteiger partial charge >= 0.3 is 0 Å². The molecule has 0 aromatic heterocycles. The molecule has 1 aromatic rings. The summed E-state index contributed by atoms with van der Waals surface area (Å²) in [6, 6.07) is 4.39. The van der Waals surface area contributed by atoms with Gasteiger partial charge in [-0.3, -0.25) is 0 Å². The van der Waals surface area contributed by atoms with Gasteiger partial charge in [0.2, 0.25) is 5.92 Å². The van der Waals surface area contributed by atoms with Gasteiger partial charge in [-0.2, -0.15) is 0 Å². The van der Waals surface area contributed by atoms with Crippen LogP contribution < -0.4 is 0 Å². The van der Waals surface area contributed by atoms with Crippen LogP contribution >= 0.6 is 11.6 Å². The minimum Gasteiger partial charge on any atom is -0.207 e. The van der Waals surface area contributed by atoms with Crippen molar-refractivity contribution in [2.75, 3.05) is 0 Å². The zero-order chi connectivity index (χ0) is 11.8. The van der Waals surface area contributed by atoms with Crippen LogP contribution in [0.25, 0.3) is 0 Å². The first-order valence-electron chi connectivity index (χ1n) is 5.14. The Hall–Kier alpha value is -0.700. The molecule has 4 heteroatoms. The Morgan fingerprint density at radius 2 is 2.06 bits per heavy atom. The molecule has 1 aliphatic rings. The van der Waals surface area contributed by atoms with Crippen LogP contribution in [0.2, 0.25) is 5.02 Å². The topological polar surface area (TPSA) is 0 Å². The summed E-state index contributed by atoms with van der Waals surface area (Å²) in [4.78, 5) is 0. The van der Waals surface area contributed by atoms with E-state index < -0.39 is 11.7 Å². The number of halogens is 4. The first kappa shape index (κ1) is 11.8. The number of hydrogen-bond donors (Lipinski definition) is 0. The van der Waals surface area contributed by atoms with E-state index in [-0.39, 0.29) is 23.8 Å². The van der Waals surface area contributed by atoms with Crippen molar-refractivity contribution < 1.29 is 13.2 Å². The molecule has 0 aliphatic heterocycles. The van der Waals surface area contributed by atoms with Gasteiger partial charge in [-0.15, -0.1) is 0 Å². The Balaban J connectivity index is 2.11. The van der Waals surface area contributed by atoms with E-state index in [2.05, 4.69) is 0 Å². The van der Waals surface area contributed by atoms with Crippen LogP contribution in [0.5, 0.6) is 0 Å². The van der Waals surface area contributed by atoms with Gasteiger partial charge < -0.3 is 0 Å². The molecule has 1 aromatic carbocycles. The summed E-state index contributed by atoms with van der Waals surface area (Å²) >= 11 is 5.65. The van der Waals surface area contributed by atoms with Crippen LogP contribution in [0.15, 0.2) is 18.2 Å². The molecule has 1 atom stereocenters. The summed E-state index contributed by atoms with van der Waals surface area (Å²) in [6.07, 6.45) is 1.64. The quantitative estimate of drug-likeness (QED) is 0.681. The van der Waals surface area contributed by atoms with E-state index in [0.717, 1.165) is 5.56 Å². The molecule has 16 heavy (non-hydrogen) atoms. The van der Waals surface area contributed by atoms with E-state index in [0.29, 0.717) is 6.42 Å². The molecule has 1 saturated carbocycles. The summed E-state index contributed by atoms with van der Waals surface area (Å²) in [5, 5.41) is 0.0447. The standard InChI is InChI=1S/C12H11ClF3/c13-10-7-9(1-2-11(10)14)8-3-5-12(15,16)6-4-8/h1-3,7-8H,4-6H2. The van der Waals surface area contributed by atoms with Crippen LogP contribution in [-0.4, -0.2) is 5.92 Å². The third kappa shape index (κ3) is 2.51. The Morgan fingerprint density at radius 3 is 2.62 bits per heavy atom. The van der Waals surface area contributed by atoms with Crippen molar-refractivity contribution in [3.8, 4) is 0 Å². The Labute approximate surface area is 97.4 Å². The third-order valence-electron chi connectivity index (χ3n) is 2.89. The minimum atomic E-state index is -2.58. The molecule has 1 aliphatic carbocycles. The molecule has 0 bridgehead atoms. The van der Waals surface area contributed by atoms with E-state index in [9.17, 15) is 13.2 Å². The van der Waals surface area contributed by atoms with Gasteiger partial charge in [0.1, 0.15) is 5.82 Å². The van der Waals surface area contributed by atoms with E-state index in [1.54, 1.807) is 12.5 Å². The highest BCUT2D eigenvalue weighted by molar-refractivity contribution is 6.30. The number of hydrogen-bond acceptors (Lipinski definition) is 0. The predicted octanol–water partition coefficient (Wildman–Crippen LogP) is 4.59. The van der Waals surface area contributed by atoms with Gasteiger partial charge in [-0.1, -0.05) is 17.7 Å². The van der Waals surface area contributed by atoms with Crippen molar-refractivity contribution >= 4 is 11.6 Å². The van der Waals surface area contributed by atoms with Gasteiger partial charge in [0.25, 0.3) is 0 Å². The minimum absolute atomic E-state index is 0.0438. The number of benzene rings is 1. The predicted molar refractivity (Wildman–Crippen MR) is 57.2 cm³/mol. The summed E-state index contributed by atoms with van der Waals surface area (Å²) < 4.78 is 38.8. The molecule has 0 heterocycles. The van der Waals surface area contributed by atoms with Gasteiger partial charge in [-0.05, 0) is 36.5 Å². The van der Waals surface area contributed by atoms with Crippen molar-refractivity contribution in [2.24, 2.45) is 0 Å². The van der Waals surface area contributed by atoms with Crippen molar-refractivity contribution in [1.82, 2.24) is 0 Å². The maximum Gasteiger partial charge on any atom is 0.248 e. The summed E-state index contributed by atoms with van der Waals surface area (Å²) in [5.74, 6) is -3.11. The molecule has 0 saturated heterocycles. The normalized spacial score (nSPS) is 21.0. The lowest BCUT2D eigenvalue weighted by atomic mass is 9.82. The van der Waals surface area contributed by atoms with Crippen LogP contribution in [0.4, 0.5) is 13.2 Å². The zero-order valence-electron chi connectivity index (χ0n) is 8.52. The second kappa shape index (κ2) is 4.28. The average Bonchev–Trinajstić information content (AvgIpc) is 2.22. The van der Waals surface area contributed by atoms with Gasteiger partial charge in [0, 0.05) is 12.8 Å². The molecule has 0 amide bonds. The van der Waals surface area contributed by atoms with Crippen molar-refractivity contribution in [3.05, 3.63) is 41.0 Å². The Morgan fingerprint density at radius 1 is 1.31 bits per heavy atom. The monoisotopic (exact) mass is 247 g/mol. The number of rotatable bonds is 1. The number of alkyl halides is 2. The molecule has 2 rings (SSSR count). The molecule has 87 valence electrons. The van der Waals surface area contributed by atoms with Crippen molar-refractivity contribution in [3.63, 3.8) is 0 Å². The summed E-state index contributed by atoms with van der Waals surface area (Å²) in [7, 11) is 0. The SMILES string of the molecule is Fc1ccc(C2[CH]CC(F)(F)CC2)cc1Cl. The molecular weight excluding hydrogens is 237 g/mol. The Kier molecular flexibility index (Phi) is 3.15. The maximum atomic E-state index is 12.9. The smallest absolute Gasteiger partial charge is 0.207 e. The molecule has 1 unspecified atom stereocenters. The van der Waals surface area contributed by atoms with Crippen molar-refractivity contribution in [2.45, 2.75) is 31.1 Å². The summed E-state index contributed by atoms with van der Waals surface area (Å²) in [5.41, 5.74) is 0.807. The first-order valence-corrected chi connectivity index (χ1v) is 5.52. The van der Waals surface area contributed by atoms with Crippen molar-refractivity contribution in [1.29, 1.82) is 0 Å². The van der Waals surface area contributed by atoms with Gasteiger partial charge in [0.05, 0.1) is 5.02 Å². The highest BCUT2D eigenvalue weighted by Crippen LogP contribution is 2.40. The molecule has 0 spiro atoms. The van der Waals surface area contributed by atoms with E-state index >= 15 is 0 Å². The van der Waals surface area contributed by atoms with E-state index in [4.69, 9.17) is 11.6 Å². The fourth-order valence-electron chi connectivity index (χ4n) is 1.95. The van der Waals surface area contributed by atoms with Gasteiger partial charge in [-0.25, -0.2) is 13.2 Å². The van der Waals surface area contributed by atoms with Crippen LogP contribution in [0, 0.1) is 12.2 Å². The Bertz CT molecular complexity index is 380. The molecular formula is C12H11ClF3. The molecule has 1 radical (unpaired) electrons.